The molecule has 2 heterocycles. The van der Waals surface area contributed by atoms with Crippen LogP contribution >= 0.6 is 11.6 Å². The van der Waals surface area contributed by atoms with Crippen LogP contribution in [-0.2, 0) is 25.7 Å². The highest BCUT2D eigenvalue weighted by atomic mass is 35.5. The quantitative estimate of drug-likeness (QED) is 0.564. The summed E-state index contributed by atoms with van der Waals surface area (Å²) in [6, 6.07) is 15.0. The highest BCUT2D eigenvalue weighted by molar-refractivity contribution is 7.91. The third-order valence-corrected chi connectivity index (χ3v) is 8.98. The van der Waals surface area contributed by atoms with Crippen molar-refractivity contribution in [1.82, 2.24) is 4.90 Å². The van der Waals surface area contributed by atoms with E-state index in [9.17, 15) is 8.42 Å². The molecule has 2 aliphatic heterocycles. The van der Waals surface area contributed by atoms with E-state index >= 15 is 0 Å². The van der Waals surface area contributed by atoms with Gasteiger partial charge in [-0.2, -0.15) is 5.26 Å². The maximum atomic E-state index is 12.2. The second kappa shape index (κ2) is 9.63. The molecule has 2 atom stereocenters. The molecule has 0 amide bonds. The van der Waals surface area contributed by atoms with Gasteiger partial charge in [0.25, 0.3) is 0 Å². The van der Waals surface area contributed by atoms with Gasteiger partial charge in [-0.25, -0.2) is 8.42 Å². The van der Waals surface area contributed by atoms with Crippen LogP contribution in [0.2, 0.25) is 5.02 Å². The van der Waals surface area contributed by atoms with Gasteiger partial charge >= 0.3 is 0 Å². The highest BCUT2D eigenvalue weighted by Crippen LogP contribution is 2.38. The summed E-state index contributed by atoms with van der Waals surface area (Å²) in [6.07, 6.45) is 2.12. The lowest BCUT2D eigenvalue weighted by Crippen LogP contribution is -2.52. The summed E-state index contributed by atoms with van der Waals surface area (Å²) in [5.41, 5.74) is 2.43. The van der Waals surface area contributed by atoms with Gasteiger partial charge in [0.2, 0.25) is 0 Å². The van der Waals surface area contributed by atoms with E-state index < -0.39 is 14.6 Å². The molecule has 2 fully saturated rings. The molecular formula is C25H29ClN2O4S. The number of sulfone groups is 1. The maximum Gasteiger partial charge on any atom is 0.161 e. The average Bonchev–Trinajstić information content (AvgIpc) is 3.09. The molecular weight excluding hydrogens is 460 g/mol. The van der Waals surface area contributed by atoms with E-state index in [0.29, 0.717) is 29.0 Å². The maximum absolute atomic E-state index is 12.2. The van der Waals surface area contributed by atoms with Crippen molar-refractivity contribution in [3.63, 3.8) is 0 Å². The van der Waals surface area contributed by atoms with Gasteiger partial charge in [-0.3, -0.25) is 0 Å². The van der Waals surface area contributed by atoms with Gasteiger partial charge in [-0.05, 0) is 53.8 Å². The Morgan fingerprint density at radius 2 is 1.94 bits per heavy atom. The molecule has 0 aromatic heterocycles. The van der Waals surface area contributed by atoms with E-state index in [1.807, 2.05) is 36.4 Å². The number of nitrogens with zero attached hydrogens (tertiary/aromatic N) is 2. The highest BCUT2D eigenvalue weighted by Gasteiger charge is 2.49. The molecule has 8 heteroatoms. The first-order valence-electron chi connectivity index (χ1n) is 11.1. The molecule has 0 radical (unpaired) electrons. The number of halogens is 1. The first kappa shape index (κ1) is 24.0. The van der Waals surface area contributed by atoms with Gasteiger partial charge in [0.1, 0.15) is 10.5 Å². The lowest BCUT2D eigenvalue weighted by Gasteiger charge is -2.39. The summed E-state index contributed by atoms with van der Waals surface area (Å²) in [4.78, 5) is 2.43. The third-order valence-electron chi connectivity index (χ3n) is 6.87. The topological polar surface area (TPSA) is 79.6 Å². The monoisotopic (exact) mass is 488 g/mol. The van der Waals surface area contributed by atoms with E-state index in [-0.39, 0.29) is 13.2 Å². The molecule has 0 saturated carbocycles. The first-order valence-corrected chi connectivity index (χ1v) is 13.4. The predicted octanol–water partition coefficient (Wildman–Crippen LogP) is 3.67. The Labute approximate surface area is 201 Å². The molecule has 2 aromatic rings. The predicted molar refractivity (Wildman–Crippen MR) is 128 cm³/mol. The summed E-state index contributed by atoms with van der Waals surface area (Å²) < 4.78 is 34.8. The number of rotatable bonds is 8. The molecule has 6 nitrogen and oxygen atoms in total. The number of benzene rings is 2. The van der Waals surface area contributed by atoms with Crippen molar-refractivity contribution >= 4 is 21.4 Å². The van der Waals surface area contributed by atoms with Gasteiger partial charge in [-0.15, -0.1) is 0 Å². The van der Waals surface area contributed by atoms with Crippen molar-refractivity contribution in [3.8, 4) is 11.8 Å². The van der Waals surface area contributed by atoms with Crippen LogP contribution in [0.25, 0.3) is 0 Å². The summed E-state index contributed by atoms with van der Waals surface area (Å²) in [6.45, 7) is 6.15. The van der Waals surface area contributed by atoms with Gasteiger partial charge < -0.3 is 14.4 Å². The number of nitriles is 1. The number of ether oxygens (including phenoxy) is 2. The van der Waals surface area contributed by atoms with Crippen LogP contribution in [0, 0.1) is 23.2 Å². The molecule has 0 bridgehead atoms. The fraction of sp³-hybridized carbons (Fsp3) is 0.480. The van der Waals surface area contributed by atoms with Crippen molar-refractivity contribution < 1.29 is 17.9 Å². The van der Waals surface area contributed by atoms with Crippen LogP contribution in [0.4, 0.5) is 0 Å². The molecule has 0 N–H and O–H groups in total. The minimum Gasteiger partial charge on any atom is -0.493 e. The smallest absolute Gasteiger partial charge is 0.161 e. The summed E-state index contributed by atoms with van der Waals surface area (Å²) in [7, 11) is -3.26. The fourth-order valence-corrected chi connectivity index (χ4v) is 6.05. The molecule has 33 heavy (non-hydrogen) atoms. The van der Waals surface area contributed by atoms with Crippen LogP contribution in [-0.4, -0.2) is 59.0 Å². The molecule has 2 saturated heterocycles. The third kappa shape index (κ3) is 5.20. The Kier molecular flexibility index (Phi) is 7.01. The number of hydrogen-bond donors (Lipinski definition) is 0. The Balaban J connectivity index is 1.30. The molecule has 0 aliphatic carbocycles. The Morgan fingerprint density at radius 1 is 1.21 bits per heavy atom. The van der Waals surface area contributed by atoms with Crippen LogP contribution in [0.15, 0.2) is 42.5 Å². The van der Waals surface area contributed by atoms with Gasteiger partial charge in [0.05, 0.1) is 31.5 Å². The average molecular weight is 489 g/mol. The zero-order valence-corrected chi connectivity index (χ0v) is 20.5. The molecule has 4 rings (SSSR count). The van der Waals surface area contributed by atoms with Crippen LogP contribution < -0.4 is 4.74 Å². The van der Waals surface area contributed by atoms with Crippen molar-refractivity contribution in [1.29, 1.82) is 5.26 Å². The SMILES string of the molecule is CC1CN(CCc2cc(Cl)cc(C#N)c2)CC1COc1ccc(C2(S(C)(=O)=O)COC2)cc1. The fourth-order valence-electron chi connectivity index (χ4n) is 4.63. The van der Waals surface area contributed by atoms with E-state index in [0.717, 1.165) is 42.9 Å². The molecule has 176 valence electrons. The summed E-state index contributed by atoms with van der Waals surface area (Å²) in [5, 5.41) is 9.73. The minimum absolute atomic E-state index is 0.203. The lowest BCUT2D eigenvalue weighted by molar-refractivity contribution is -0.0156. The Hall–Kier alpha value is -2.11. The zero-order chi connectivity index (χ0) is 23.6. The zero-order valence-electron chi connectivity index (χ0n) is 19.0. The molecule has 2 unspecified atom stereocenters. The first-order chi connectivity index (χ1) is 15.7. The number of hydrogen-bond acceptors (Lipinski definition) is 6. The van der Waals surface area contributed by atoms with Crippen molar-refractivity contribution in [3.05, 3.63) is 64.2 Å². The van der Waals surface area contributed by atoms with Crippen LogP contribution in [0.1, 0.15) is 23.6 Å². The Bertz CT molecular complexity index is 1140. The summed E-state index contributed by atoms with van der Waals surface area (Å²) >= 11 is 6.12. The normalized spacial score (nSPS) is 22.5. The molecule has 0 spiro atoms. The molecule has 2 aromatic carbocycles. The minimum atomic E-state index is -3.26. The Morgan fingerprint density at radius 3 is 2.55 bits per heavy atom. The number of likely N-dealkylation sites (tertiary alicyclic amines) is 1. The van der Waals surface area contributed by atoms with E-state index in [2.05, 4.69) is 17.9 Å². The van der Waals surface area contributed by atoms with Crippen LogP contribution in [0.5, 0.6) is 5.75 Å². The second-order valence-corrected chi connectivity index (χ2v) is 12.1. The largest absolute Gasteiger partial charge is 0.493 e. The van der Waals surface area contributed by atoms with Gasteiger partial charge in [-0.1, -0.05) is 30.7 Å². The van der Waals surface area contributed by atoms with E-state index in [4.69, 9.17) is 26.3 Å². The van der Waals surface area contributed by atoms with Crippen molar-refractivity contribution in [2.24, 2.45) is 11.8 Å². The summed E-state index contributed by atoms with van der Waals surface area (Å²) in [5.74, 6) is 1.68. The van der Waals surface area contributed by atoms with Gasteiger partial charge in [0.15, 0.2) is 9.84 Å². The van der Waals surface area contributed by atoms with E-state index in [1.165, 1.54) is 6.26 Å². The van der Waals surface area contributed by atoms with Gasteiger partial charge in [0, 0.05) is 36.8 Å². The van der Waals surface area contributed by atoms with Crippen molar-refractivity contribution in [2.75, 3.05) is 45.7 Å². The van der Waals surface area contributed by atoms with E-state index in [1.54, 1.807) is 6.07 Å². The second-order valence-electron chi connectivity index (χ2n) is 9.30. The lowest BCUT2D eigenvalue weighted by atomic mass is 9.96. The van der Waals surface area contributed by atoms with Crippen LogP contribution in [0.3, 0.4) is 0 Å². The standard InChI is InChI=1S/C25H29ClN2O4S/c1-18-13-28(8-7-19-9-20(12-27)11-23(26)10-19)14-21(18)15-32-24-5-3-22(4-6-24)25(16-31-17-25)33(2,29)30/h3-6,9-11,18,21H,7-8,13-17H2,1-2H3. The van der Waals surface area contributed by atoms with Crippen molar-refractivity contribution in [2.45, 2.75) is 18.1 Å². The molecule has 2 aliphatic rings.